The Balaban J connectivity index is 2.29. The molecule has 0 saturated heterocycles. The predicted octanol–water partition coefficient (Wildman–Crippen LogP) is 2.41. The zero-order chi connectivity index (χ0) is 15.4. The van der Waals surface area contributed by atoms with Crippen LogP contribution in [0.2, 0.25) is 0 Å². The number of esters is 1. The summed E-state index contributed by atoms with van der Waals surface area (Å²) in [5.41, 5.74) is -3.20. The first-order valence-corrected chi connectivity index (χ1v) is 7.53. The molecular formula is C16H28O4. The second kappa shape index (κ2) is 4.44. The largest absolute Gasteiger partial charge is 0.458 e. The minimum absolute atomic E-state index is 0.258. The molecule has 0 aliphatic heterocycles. The number of fused-ring (bicyclic) bond motifs is 2. The molecule has 2 aliphatic carbocycles. The number of hydrogen-bond acceptors (Lipinski definition) is 4. The third kappa shape index (κ3) is 3.17. The minimum Gasteiger partial charge on any atom is -0.458 e. The zero-order valence-electron chi connectivity index (χ0n) is 13.3. The maximum Gasteiger partial charge on any atom is 0.311 e. The van der Waals surface area contributed by atoms with Crippen LogP contribution in [-0.2, 0) is 9.53 Å². The van der Waals surface area contributed by atoms with E-state index < -0.39 is 22.2 Å². The normalized spacial score (nSPS) is 45.0. The van der Waals surface area contributed by atoms with Crippen LogP contribution >= 0.6 is 0 Å². The second-order valence-corrected chi connectivity index (χ2v) is 8.59. The first-order chi connectivity index (χ1) is 8.85. The predicted molar refractivity (Wildman–Crippen MR) is 76.1 cm³/mol. The van der Waals surface area contributed by atoms with Crippen LogP contribution in [0.25, 0.3) is 0 Å². The van der Waals surface area contributed by atoms with Crippen LogP contribution in [0.1, 0.15) is 66.7 Å². The second-order valence-electron chi connectivity index (χ2n) is 8.59. The van der Waals surface area contributed by atoms with Gasteiger partial charge >= 0.3 is 5.97 Å². The van der Waals surface area contributed by atoms with E-state index in [0.717, 1.165) is 0 Å². The maximum absolute atomic E-state index is 12.3. The first-order valence-electron chi connectivity index (χ1n) is 7.53. The summed E-state index contributed by atoms with van der Waals surface area (Å²) in [6, 6.07) is 0. The summed E-state index contributed by atoms with van der Waals surface area (Å²) in [4.78, 5) is 12.3. The van der Waals surface area contributed by atoms with Crippen molar-refractivity contribution in [3.05, 3.63) is 0 Å². The molecule has 2 rings (SSSR count). The van der Waals surface area contributed by atoms with E-state index in [1.54, 1.807) is 6.92 Å². The molecule has 2 aliphatic rings. The summed E-state index contributed by atoms with van der Waals surface area (Å²) < 4.78 is 5.83. The molecule has 4 atom stereocenters. The molecule has 0 radical (unpaired) electrons. The quantitative estimate of drug-likeness (QED) is 0.726. The van der Waals surface area contributed by atoms with Crippen molar-refractivity contribution in [1.82, 2.24) is 0 Å². The van der Waals surface area contributed by atoms with Crippen molar-refractivity contribution in [3.8, 4) is 0 Å². The van der Waals surface area contributed by atoms with Crippen LogP contribution in [0.3, 0.4) is 0 Å². The Bertz CT molecular complexity index is 405. The van der Waals surface area contributed by atoms with E-state index in [0.29, 0.717) is 32.1 Å². The Morgan fingerprint density at radius 3 is 2.30 bits per heavy atom. The molecule has 20 heavy (non-hydrogen) atoms. The van der Waals surface area contributed by atoms with Crippen LogP contribution in [0.15, 0.2) is 0 Å². The van der Waals surface area contributed by atoms with Crippen LogP contribution in [0.5, 0.6) is 0 Å². The summed E-state index contributed by atoms with van der Waals surface area (Å²) >= 11 is 0. The van der Waals surface area contributed by atoms with Gasteiger partial charge in [-0.2, -0.15) is 0 Å². The van der Waals surface area contributed by atoms with Crippen LogP contribution in [-0.4, -0.2) is 33.0 Å². The Kier molecular flexibility index (Phi) is 3.50. The van der Waals surface area contributed by atoms with Gasteiger partial charge in [0.1, 0.15) is 5.60 Å². The van der Waals surface area contributed by atoms with Gasteiger partial charge in [-0.25, -0.2) is 0 Å². The van der Waals surface area contributed by atoms with Gasteiger partial charge in [-0.3, -0.25) is 4.79 Å². The lowest BCUT2D eigenvalue weighted by molar-refractivity contribution is -0.227. The Morgan fingerprint density at radius 2 is 1.75 bits per heavy atom. The maximum atomic E-state index is 12.3. The van der Waals surface area contributed by atoms with Crippen molar-refractivity contribution >= 4 is 5.97 Å². The third-order valence-electron chi connectivity index (χ3n) is 4.43. The van der Waals surface area contributed by atoms with Gasteiger partial charge in [-0.15, -0.1) is 0 Å². The number of rotatable bonds is 1. The average Bonchev–Trinajstić information content (AvgIpc) is 2.07. The molecule has 0 aromatic rings. The van der Waals surface area contributed by atoms with E-state index in [1.165, 1.54) is 0 Å². The molecule has 0 heterocycles. The number of ether oxygens (including phenoxy) is 1. The molecule has 2 fully saturated rings. The molecule has 0 spiro atoms. The number of carbonyl (C=O) groups is 1. The van der Waals surface area contributed by atoms with Crippen LogP contribution in [0.4, 0.5) is 0 Å². The Labute approximate surface area is 121 Å². The lowest BCUT2D eigenvalue weighted by Crippen LogP contribution is -2.61. The van der Waals surface area contributed by atoms with Crippen LogP contribution in [0, 0.1) is 11.3 Å². The van der Waals surface area contributed by atoms with Gasteiger partial charge in [-0.1, -0.05) is 6.92 Å². The van der Waals surface area contributed by atoms with E-state index in [1.807, 2.05) is 20.8 Å². The van der Waals surface area contributed by atoms with Crippen molar-refractivity contribution in [3.63, 3.8) is 0 Å². The Morgan fingerprint density at radius 1 is 1.15 bits per heavy atom. The smallest absolute Gasteiger partial charge is 0.311 e. The summed E-state index contributed by atoms with van der Waals surface area (Å²) in [7, 11) is 0. The zero-order valence-corrected chi connectivity index (χ0v) is 13.3. The summed E-state index contributed by atoms with van der Waals surface area (Å²) in [6.07, 6.45) is 2.60. The highest BCUT2D eigenvalue weighted by Gasteiger charge is 2.58. The van der Waals surface area contributed by atoms with Crippen molar-refractivity contribution in [2.45, 2.75) is 83.5 Å². The average molecular weight is 284 g/mol. The lowest BCUT2D eigenvalue weighted by atomic mass is 9.59. The minimum atomic E-state index is -0.981. The highest BCUT2D eigenvalue weighted by molar-refractivity contribution is 5.75. The fourth-order valence-electron chi connectivity index (χ4n) is 4.30. The third-order valence-corrected chi connectivity index (χ3v) is 4.43. The van der Waals surface area contributed by atoms with E-state index in [9.17, 15) is 15.0 Å². The van der Waals surface area contributed by atoms with Crippen molar-refractivity contribution in [1.29, 1.82) is 0 Å². The summed E-state index contributed by atoms with van der Waals surface area (Å²) in [5, 5.41) is 21.2. The lowest BCUT2D eigenvalue weighted by Gasteiger charge is -2.55. The van der Waals surface area contributed by atoms with Gasteiger partial charge in [0.25, 0.3) is 0 Å². The van der Waals surface area contributed by atoms with E-state index in [-0.39, 0.29) is 11.9 Å². The van der Waals surface area contributed by atoms with Gasteiger partial charge in [0.05, 0.1) is 16.6 Å². The molecule has 4 unspecified atom stereocenters. The summed E-state index contributed by atoms with van der Waals surface area (Å²) in [6.45, 7) is 9.28. The number of carbonyl (C=O) groups excluding carboxylic acids is 1. The fraction of sp³-hybridized carbons (Fsp3) is 0.938. The van der Waals surface area contributed by atoms with E-state index in [4.69, 9.17) is 4.74 Å². The summed E-state index contributed by atoms with van der Waals surface area (Å²) in [5.74, 6) is 0.0317. The standard InChI is InChI=1S/C16H28O4/c1-11-6-15(19)8-14(5,18)9-16(7-11,10-15)20-12(17)13(2,3)4/h11,18-19H,6-10H2,1-5H3. The van der Waals surface area contributed by atoms with Gasteiger partial charge in [-0.05, 0) is 46.5 Å². The number of hydrogen-bond donors (Lipinski definition) is 2. The molecule has 0 aromatic heterocycles. The number of aliphatic hydroxyl groups is 2. The molecule has 2 N–H and O–H groups in total. The SMILES string of the molecule is CC1CC2(O)CC(C)(O)CC(OC(=O)C(C)(C)C)(C1)C2. The molecular weight excluding hydrogens is 256 g/mol. The molecule has 0 amide bonds. The molecule has 4 nitrogen and oxygen atoms in total. The highest BCUT2D eigenvalue weighted by Crippen LogP contribution is 2.53. The van der Waals surface area contributed by atoms with E-state index in [2.05, 4.69) is 6.92 Å². The molecule has 2 bridgehead atoms. The topological polar surface area (TPSA) is 66.8 Å². The Hall–Kier alpha value is -0.610. The monoisotopic (exact) mass is 284 g/mol. The molecule has 0 aromatic carbocycles. The first kappa shape index (κ1) is 15.8. The van der Waals surface area contributed by atoms with Crippen molar-refractivity contribution in [2.75, 3.05) is 0 Å². The van der Waals surface area contributed by atoms with Gasteiger partial charge in [0.2, 0.25) is 0 Å². The molecule has 4 heteroatoms. The van der Waals surface area contributed by atoms with Crippen molar-refractivity contribution < 1.29 is 19.7 Å². The van der Waals surface area contributed by atoms with Gasteiger partial charge in [0, 0.05) is 19.3 Å². The van der Waals surface area contributed by atoms with Crippen LogP contribution < -0.4 is 0 Å². The fourth-order valence-corrected chi connectivity index (χ4v) is 4.30. The molecule has 2 saturated carbocycles. The molecule has 116 valence electrons. The highest BCUT2D eigenvalue weighted by atomic mass is 16.6. The van der Waals surface area contributed by atoms with E-state index >= 15 is 0 Å². The van der Waals surface area contributed by atoms with Gasteiger partial charge < -0.3 is 14.9 Å². The van der Waals surface area contributed by atoms with Crippen molar-refractivity contribution in [2.24, 2.45) is 11.3 Å². The van der Waals surface area contributed by atoms with Gasteiger partial charge in [0.15, 0.2) is 0 Å².